The van der Waals surface area contributed by atoms with Crippen LogP contribution in [0.15, 0.2) is 69.6 Å². The molecule has 2 aromatic carbocycles. The first-order valence-electron chi connectivity index (χ1n) is 8.10. The zero-order chi connectivity index (χ0) is 18.3. The van der Waals surface area contributed by atoms with E-state index in [2.05, 4.69) is 0 Å². The summed E-state index contributed by atoms with van der Waals surface area (Å²) in [6.07, 6.45) is 0. The quantitative estimate of drug-likeness (QED) is 0.532. The molecule has 4 aromatic rings. The van der Waals surface area contributed by atoms with E-state index in [4.69, 9.17) is 11.6 Å². The van der Waals surface area contributed by atoms with Crippen molar-refractivity contribution in [3.05, 3.63) is 97.0 Å². The smallest absolute Gasteiger partial charge is 0.288 e. The van der Waals surface area contributed by atoms with E-state index in [-0.39, 0.29) is 11.2 Å². The maximum Gasteiger partial charge on any atom is 0.336 e. The van der Waals surface area contributed by atoms with Gasteiger partial charge in [0.05, 0.1) is 17.7 Å². The minimum absolute atomic E-state index is 0.276. The molecule has 26 heavy (non-hydrogen) atoms. The Balaban J connectivity index is 2.00. The van der Waals surface area contributed by atoms with Gasteiger partial charge in [0, 0.05) is 5.02 Å². The van der Waals surface area contributed by atoms with Gasteiger partial charge >= 0.3 is 5.69 Å². The lowest BCUT2D eigenvalue weighted by Crippen LogP contribution is -2.39. The molecule has 0 atom stereocenters. The van der Waals surface area contributed by atoms with Crippen molar-refractivity contribution in [3.63, 3.8) is 0 Å². The van der Waals surface area contributed by atoms with Crippen LogP contribution in [0.2, 0.25) is 5.02 Å². The molecule has 2 aromatic heterocycles. The molecule has 0 radical (unpaired) electrons. The van der Waals surface area contributed by atoms with Gasteiger partial charge < -0.3 is 0 Å². The van der Waals surface area contributed by atoms with Crippen LogP contribution in [0, 0.1) is 6.92 Å². The van der Waals surface area contributed by atoms with Gasteiger partial charge in [-0.2, -0.15) is 0 Å². The molecule has 130 valence electrons. The Morgan fingerprint density at radius 1 is 1.00 bits per heavy atom. The molecular formula is C20H15ClN2O2S. The molecule has 4 nitrogen and oxygen atoms in total. The minimum atomic E-state index is -0.342. The van der Waals surface area contributed by atoms with Gasteiger partial charge in [-0.15, -0.1) is 11.3 Å². The Kier molecular flexibility index (Phi) is 4.26. The number of hydrogen-bond acceptors (Lipinski definition) is 3. The molecule has 0 bridgehead atoms. The number of para-hydroxylation sites is 1. The molecule has 0 saturated carbocycles. The maximum absolute atomic E-state index is 13.2. The van der Waals surface area contributed by atoms with Gasteiger partial charge in [-0.1, -0.05) is 41.9 Å². The summed E-state index contributed by atoms with van der Waals surface area (Å²) in [7, 11) is 0. The normalized spacial score (nSPS) is 11.2. The van der Waals surface area contributed by atoms with E-state index in [1.165, 1.54) is 15.9 Å². The van der Waals surface area contributed by atoms with Gasteiger partial charge in [-0.05, 0) is 47.7 Å². The summed E-state index contributed by atoms with van der Waals surface area (Å²) in [4.78, 5) is 26.2. The summed E-state index contributed by atoms with van der Waals surface area (Å²) >= 11 is 7.31. The Bertz CT molecular complexity index is 1220. The summed E-state index contributed by atoms with van der Waals surface area (Å²) in [5.41, 5.74) is 2.47. The highest BCUT2D eigenvalue weighted by molar-refractivity contribution is 7.17. The number of aryl methyl sites for hydroxylation is 1. The third-order valence-electron chi connectivity index (χ3n) is 4.37. The van der Waals surface area contributed by atoms with Crippen molar-refractivity contribution in [3.8, 4) is 5.69 Å². The summed E-state index contributed by atoms with van der Waals surface area (Å²) in [5, 5.41) is 2.48. The first-order chi connectivity index (χ1) is 12.6. The Hall–Kier alpha value is -2.63. The maximum atomic E-state index is 13.2. The topological polar surface area (TPSA) is 44.0 Å². The standard InChI is InChI=1S/C20H15ClN2O2S/c1-13-4-2-3-5-16(13)23-19(24)18-17(10-11-26-18)22(20(23)25)12-14-6-8-15(21)9-7-14/h2-11H,12H2,1H3. The van der Waals surface area contributed by atoms with Gasteiger partial charge in [0.2, 0.25) is 0 Å². The van der Waals surface area contributed by atoms with Crippen LogP contribution in [0.4, 0.5) is 0 Å². The molecule has 2 heterocycles. The minimum Gasteiger partial charge on any atom is -0.288 e. The molecule has 6 heteroatoms. The summed E-state index contributed by atoms with van der Waals surface area (Å²) in [6.45, 7) is 2.26. The SMILES string of the molecule is Cc1ccccc1-n1c(=O)c2sccc2n(Cc2ccc(Cl)cc2)c1=O. The second-order valence-corrected chi connectivity index (χ2v) is 7.41. The van der Waals surface area contributed by atoms with Crippen LogP contribution in [0.25, 0.3) is 15.9 Å². The van der Waals surface area contributed by atoms with Gasteiger partial charge in [0.15, 0.2) is 0 Å². The van der Waals surface area contributed by atoms with Crippen LogP contribution in [0.1, 0.15) is 11.1 Å². The number of nitrogens with zero attached hydrogens (tertiary/aromatic N) is 2. The van der Waals surface area contributed by atoms with Crippen molar-refractivity contribution in [2.24, 2.45) is 0 Å². The van der Waals surface area contributed by atoms with Crippen molar-refractivity contribution in [2.45, 2.75) is 13.5 Å². The van der Waals surface area contributed by atoms with E-state index >= 15 is 0 Å². The van der Waals surface area contributed by atoms with Crippen molar-refractivity contribution in [1.82, 2.24) is 9.13 Å². The molecular weight excluding hydrogens is 368 g/mol. The first kappa shape index (κ1) is 16.8. The van der Waals surface area contributed by atoms with Gasteiger partial charge in [-0.25, -0.2) is 9.36 Å². The fraction of sp³-hybridized carbons (Fsp3) is 0.100. The summed E-state index contributed by atoms with van der Waals surface area (Å²) in [5.74, 6) is 0. The molecule has 4 rings (SSSR count). The zero-order valence-corrected chi connectivity index (χ0v) is 15.6. The molecule has 0 unspecified atom stereocenters. The van der Waals surface area contributed by atoms with Crippen LogP contribution < -0.4 is 11.2 Å². The van der Waals surface area contributed by atoms with Crippen LogP contribution in [0.5, 0.6) is 0 Å². The Morgan fingerprint density at radius 2 is 1.73 bits per heavy atom. The lowest BCUT2D eigenvalue weighted by Gasteiger charge is -2.14. The Morgan fingerprint density at radius 3 is 2.46 bits per heavy atom. The lowest BCUT2D eigenvalue weighted by atomic mass is 10.2. The molecule has 0 N–H and O–H groups in total. The molecule has 0 fully saturated rings. The van der Waals surface area contributed by atoms with Crippen molar-refractivity contribution < 1.29 is 0 Å². The van der Waals surface area contributed by atoms with Crippen molar-refractivity contribution in [1.29, 1.82) is 0 Å². The van der Waals surface area contributed by atoms with Crippen LogP contribution in [0.3, 0.4) is 0 Å². The molecule has 0 aliphatic carbocycles. The van der Waals surface area contributed by atoms with Crippen LogP contribution >= 0.6 is 22.9 Å². The number of aromatic nitrogens is 2. The van der Waals surface area contributed by atoms with Gasteiger partial charge in [0.1, 0.15) is 4.70 Å². The monoisotopic (exact) mass is 382 g/mol. The first-order valence-corrected chi connectivity index (χ1v) is 9.35. The number of rotatable bonds is 3. The zero-order valence-electron chi connectivity index (χ0n) is 14.0. The average molecular weight is 383 g/mol. The molecule has 0 aliphatic rings. The average Bonchev–Trinajstić information content (AvgIpc) is 3.12. The predicted molar refractivity (Wildman–Crippen MR) is 107 cm³/mol. The second-order valence-electron chi connectivity index (χ2n) is 6.06. The third-order valence-corrected chi connectivity index (χ3v) is 5.51. The third kappa shape index (κ3) is 2.79. The predicted octanol–water partition coefficient (Wildman–Crippen LogP) is 4.22. The van der Waals surface area contributed by atoms with E-state index in [9.17, 15) is 9.59 Å². The fourth-order valence-corrected chi connectivity index (χ4v) is 3.99. The highest BCUT2D eigenvalue weighted by Crippen LogP contribution is 2.19. The van der Waals surface area contributed by atoms with E-state index in [0.717, 1.165) is 11.1 Å². The van der Waals surface area contributed by atoms with Gasteiger partial charge in [0.25, 0.3) is 5.56 Å². The van der Waals surface area contributed by atoms with E-state index in [0.29, 0.717) is 27.5 Å². The highest BCUT2D eigenvalue weighted by Gasteiger charge is 2.16. The van der Waals surface area contributed by atoms with E-state index in [1.54, 1.807) is 22.8 Å². The highest BCUT2D eigenvalue weighted by atomic mass is 35.5. The second kappa shape index (κ2) is 6.59. The number of thiophene rings is 1. The molecule has 0 saturated heterocycles. The van der Waals surface area contributed by atoms with Crippen molar-refractivity contribution >= 4 is 33.2 Å². The number of benzene rings is 2. The Labute approximate surface area is 158 Å². The van der Waals surface area contributed by atoms with E-state index in [1.807, 2.05) is 48.7 Å². The molecule has 0 amide bonds. The fourth-order valence-electron chi connectivity index (χ4n) is 3.04. The van der Waals surface area contributed by atoms with Gasteiger partial charge in [-0.3, -0.25) is 9.36 Å². The van der Waals surface area contributed by atoms with E-state index < -0.39 is 0 Å². The summed E-state index contributed by atoms with van der Waals surface area (Å²) < 4.78 is 3.48. The largest absolute Gasteiger partial charge is 0.336 e. The van der Waals surface area contributed by atoms with Crippen LogP contribution in [-0.4, -0.2) is 9.13 Å². The molecule has 0 aliphatic heterocycles. The lowest BCUT2D eigenvalue weighted by molar-refractivity contribution is 0.715. The number of fused-ring (bicyclic) bond motifs is 1. The number of hydrogen-bond donors (Lipinski definition) is 0. The number of halogens is 1. The van der Waals surface area contributed by atoms with Crippen LogP contribution in [-0.2, 0) is 6.54 Å². The van der Waals surface area contributed by atoms with Crippen molar-refractivity contribution in [2.75, 3.05) is 0 Å². The summed E-state index contributed by atoms with van der Waals surface area (Å²) in [6, 6.07) is 16.6. The molecule has 0 spiro atoms.